The molecule has 1 saturated heterocycles. The van der Waals surface area contributed by atoms with Gasteiger partial charge in [-0.2, -0.15) is 0 Å². The van der Waals surface area contributed by atoms with Gasteiger partial charge >= 0.3 is 0 Å². The van der Waals surface area contributed by atoms with Crippen LogP contribution in [0.4, 0.5) is 4.39 Å². The number of rotatable bonds is 3. The zero-order valence-electron chi connectivity index (χ0n) is 11.7. The highest BCUT2D eigenvalue weighted by Gasteiger charge is 2.51. The van der Waals surface area contributed by atoms with Crippen LogP contribution in [0.3, 0.4) is 0 Å². The van der Waals surface area contributed by atoms with Gasteiger partial charge in [0, 0.05) is 30.7 Å². The quantitative estimate of drug-likeness (QED) is 0.833. The van der Waals surface area contributed by atoms with E-state index in [4.69, 9.17) is 0 Å². The van der Waals surface area contributed by atoms with Gasteiger partial charge in [-0.1, -0.05) is 19.3 Å². The summed E-state index contributed by atoms with van der Waals surface area (Å²) >= 11 is 0. The van der Waals surface area contributed by atoms with Crippen molar-refractivity contribution in [2.45, 2.75) is 62.9 Å². The zero-order valence-corrected chi connectivity index (χ0v) is 11.7. The fourth-order valence-electron chi connectivity index (χ4n) is 4.19. The average Bonchev–Trinajstić information content (AvgIpc) is 3.20. The average molecular weight is 254 g/mol. The molecule has 1 unspecified atom stereocenters. The molecule has 0 radical (unpaired) electrons. The lowest BCUT2D eigenvalue weighted by Gasteiger charge is -2.55. The van der Waals surface area contributed by atoms with Gasteiger partial charge in [-0.3, -0.25) is 4.90 Å². The Bertz CT molecular complexity index is 297. The molecule has 2 nitrogen and oxygen atoms in total. The number of halogens is 1. The number of hydrogen-bond donors (Lipinski definition) is 1. The number of piperazine rings is 1. The Hall–Kier alpha value is -0.150. The zero-order chi connectivity index (χ0) is 12.6. The normalized spacial score (nSPS) is 37.0. The monoisotopic (exact) mass is 254 g/mol. The predicted molar refractivity (Wildman–Crippen MR) is 72.5 cm³/mol. The van der Waals surface area contributed by atoms with Crippen molar-refractivity contribution in [3.63, 3.8) is 0 Å². The van der Waals surface area contributed by atoms with E-state index in [2.05, 4.69) is 17.1 Å². The maximum atomic E-state index is 12.9. The van der Waals surface area contributed by atoms with Crippen molar-refractivity contribution in [3.8, 4) is 0 Å². The third kappa shape index (κ3) is 2.20. The van der Waals surface area contributed by atoms with E-state index in [-0.39, 0.29) is 12.2 Å². The van der Waals surface area contributed by atoms with Crippen LogP contribution in [-0.2, 0) is 0 Å². The molecule has 1 atom stereocenters. The van der Waals surface area contributed by atoms with E-state index in [1.165, 1.54) is 44.9 Å². The molecule has 1 N–H and O–H groups in total. The van der Waals surface area contributed by atoms with E-state index < -0.39 is 0 Å². The smallest absolute Gasteiger partial charge is 0.102 e. The summed E-state index contributed by atoms with van der Waals surface area (Å²) in [6.45, 7) is 4.93. The first-order valence-corrected chi connectivity index (χ1v) is 7.75. The Labute approximate surface area is 110 Å². The van der Waals surface area contributed by atoms with Gasteiger partial charge in [0.1, 0.15) is 6.67 Å². The minimum Gasteiger partial charge on any atom is -0.308 e. The maximum absolute atomic E-state index is 12.9. The summed E-state index contributed by atoms with van der Waals surface area (Å²) in [6.07, 6.45) is 9.33. The van der Waals surface area contributed by atoms with Crippen LogP contribution in [0.15, 0.2) is 0 Å². The van der Waals surface area contributed by atoms with Crippen molar-refractivity contribution in [2.75, 3.05) is 26.3 Å². The molecule has 104 valence electrons. The third-order valence-electron chi connectivity index (χ3n) is 5.66. The van der Waals surface area contributed by atoms with Gasteiger partial charge < -0.3 is 5.32 Å². The molecule has 0 aromatic rings. The molecule has 2 saturated carbocycles. The van der Waals surface area contributed by atoms with Crippen LogP contribution in [0.25, 0.3) is 0 Å². The van der Waals surface area contributed by atoms with E-state index in [9.17, 15) is 4.39 Å². The van der Waals surface area contributed by atoms with Gasteiger partial charge in [0.15, 0.2) is 0 Å². The first kappa shape index (κ1) is 12.9. The first-order chi connectivity index (χ1) is 8.69. The minimum absolute atomic E-state index is 0.196. The Balaban J connectivity index is 1.74. The van der Waals surface area contributed by atoms with Crippen molar-refractivity contribution >= 4 is 0 Å². The number of alkyl halides is 1. The van der Waals surface area contributed by atoms with Crippen LogP contribution in [0, 0.1) is 5.92 Å². The van der Waals surface area contributed by atoms with Crippen LogP contribution in [0.2, 0.25) is 0 Å². The van der Waals surface area contributed by atoms with Crippen molar-refractivity contribution in [2.24, 2.45) is 5.92 Å². The van der Waals surface area contributed by atoms with E-state index in [0.29, 0.717) is 12.1 Å². The molecule has 1 spiro atoms. The predicted octanol–water partition coefficient (Wildman–Crippen LogP) is 2.73. The van der Waals surface area contributed by atoms with E-state index in [0.717, 1.165) is 19.0 Å². The van der Waals surface area contributed by atoms with Gasteiger partial charge in [-0.05, 0) is 38.5 Å². The fraction of sp³-hybridized carbons (Fsp3) is 1.00. The topological polar surface area (TPSA) is 15.3 Å². The number of nitrogens with zero attached hydrogens (tertiary/aromatic N) is 1. The number of nitrogens with one attached hydrogen (secondary N) is 1. The molecule has 1 heterocycles. The molecule has 18 heavy (non-hydrogen) atoms. The molecule has 0 aromatic heterocycles. The van der Waals surface area contributed by atoms with Crippen molar-refractivity contribution in [1.29, 1.82) is 0 Å². The Morgan fingerprint density at radius 2 is 1.94 bits per heavy atom. The van der Waals surface area contributed by atoms with Gasteiger partial charge in [0.05, 0.1) is 0 Å². The second kappa shape index (κ2) is 4.75. The van der Waals surface area contributed by atoms with Crippen LogP contribution >= 0.6 is 0 Å². The first-order valence-electron chi connectivity index (χ1n) is 7.75. The standard InChI is InChI=1S/C15H27FN2/c1-14(13-5-6-13)11-17-15(7-3-2-4-8-15)12-18(14)10-9-16/h13,17H,2-12H2,1H3. The highest BCUT2D eigenvalue weighted by Crippen LogP contribution is 2.46. The van der Waals surface area contributed by atoms with Gasteiger partial charge in [0.25, 0.3) is 0 Å². The van der Waals surface area contributed by atoms with Gasteiger partial charge in [-0.15, -0.1) is 0 Å². The van der Waals surface area contributed by atoms with Crippen LogP contribution in [0.1, 0.15) is 51.9 Å². The summed E-state index contributed by atoms with van der Waals surface area (Å²) in [5.74, 6) is 0.803. The summed E-state index contributed by atoms with van der Waals surface area (Å²) in [7, 11) is 0. The van der Waals surface area contributed by atoms with Crippen molar-refractivity contribution in [3.05, 3.63) is 0 Å². The summed E-state index contributed by atoms with van der Waals surface area (Å²) in [4.78, 5) is 2.48. The Morgan fingerprint density at radius 3 is 2.56 bits per heavy atom. The molecular weight excluding hydrogens is 227 g/mol. The largest absolute Gasteiger partial charge is 0.308 e. The highest BCUT2D eigenvalue weighted by molar-refractivity contribution is 5.09. The Morgan fingerprint density at radius 1 is 1.22 bits per heavy atom. The second-order valence-corrected chi connectivity index (χ2v) is 6.94. The lowest BCUT2D eigenvalue weighted by molar-refractivity contribution is -0.0147. The number of hydrogen-bond acceptors (Lipinski definition) is 2. The van der Waals surface area contributed by atoms with E-state index in [1.807, 2.05) is 0 Å². The lowest BCUT2D eigenvalue weighted by atomic mass is 9.76. The SMILES string of the molecule is CC1(C2CC2)CNC2(CCCCC2)CN1CCF. The molecule has 0 amide bonds. The molecule has 3 heteroatoms. The minimum atomic E-state index is -0.196. The van der Waals surface area contributed by atoms with Crippen molar-refractivity contribution < 1.29 is 4.39 Å². The maximum Gasteiger partial charge on any atom is 0.102 e. The fourth-order valence-corrected chi connectivity index (χ4v) is 4.19. The van der Waals surface area contributed by atoms with Crippen LogP contribution in [0.5, 0.6) is 0 Å². The molecule has 0 bridgehead atoms. The van der Waals surface area contributed by atoms with Gasteiger partial charge in [-0.25, -0.2) is 4.39 Å². The lowest BCUT2D eigenvalue weighted by Crippen LogP contribution is -2.70. The molecule has 3 rings (SSSR count). The molecule has 3 aliphatic rings. The molecule has 3 fully saturated rings. The molecular formula is C15H27FN2. The summed E-state index contributed by atoms with van der Waals surface area (Å²) in [5, 5.41) is 3.87. The van der Waals surface area contributed by atoms with Gasteiger partial charge in [0.2, 0.25) is 0 Å². The Kier molecular flexibility index (Phi) is 3.39. The summed E-state index contributed by atoms with van der Waals surface area (Å²) < 4.78 is 12.9. The van der Waals surface area contributed by atoms with Crippen LogP contribution in [-0.4, -0.2) is 42.3 Å². The van der Waals surface area contributed by atoms with Crippen molar-refractivity contribution in [1.82, 2.24) is 10.2 Å². The summed E-state index contributed by atoms with van der Waals surface area (Å²) in [5.41, 5.74) is 0.524. The van der Waals surface area contributed by atoms with E-state index in [1.54, 1.807) is 0 Å². The molecule has 1 aliphatic heterocycles. The third-order valence-corrected chi connectivity index (χ3v) is 5.66. The highest BCUT2D eigenvalue weighted by atomic mass is 19.1. The molecule has 2 aliphatic carbocycles. The van der Waals surface area contributed by atoms with Crippen LogP contribution < -0.4 is 5.32 Å². The summed E-state index contributed by atoms with van der Waals surface area (Å²) in [6, 6.07) is 0. The molecule has 0 aromatic carbocycles. The van der Waals surface area contributed by atoms with E-state index >= 15 is 0 Å². The second-order valence-electron chi connectivity index (χ2n) is 6.94.